The molecule has 2 rings (SSSR count). The molecule has 0 N–H and O–H groups in total. The molecule has 0 saturated carbocycles. The van der Waals surface area contributed by atoms with Crippen molar-refractivity contribution in [3.63, 3.8) is 0 Å². The van der Waals surface area contributed by atoms with E-state index >= 15 is 0 Å². The van der Waals surface area contributed by atoms with E-state index in [0.29, 0.717) is 17.2 Å². The lowest BCUT2D eigenvalue weighted by atomic mass is 10.1. The summed E-state index contributed by atoms with van der Waals surface area (Å²) < 4.78 is 12.8. The van der Waals surface area contributed by atoms with Gasteiger partial charge in [0.15, 0.2) is 0 Å². The van der Waals surface area contributed by atoms with Crippen molar-refractivity contribution in [2.75, 3.05) is 5.75 Å². The number of hydrogen-bond donors (Lipinski definition) is 0. The summed E-state index contributed by atoms with van der Waals surface area (Å²) in [6.07, 6.45) is 0.327. The number of rotatable bonds is 5. The van der Waals surface area contributed by atoms with E-state index in [4.69, 9.17) is 11.6 Å². The number of thioether (sulfide) groups is 1. The Hall–Kier alpha value is -1.32. The Morgan fingerprint density at radius 1 is 1.20 bits per heavy atom. The van der Waals surface area contributed by atoms with E-state index in [1.54, 1.807) is 12.1 Å². The summed E-state index contributed by atoms with van der Waals surface area (Å²) in [7, 11) is 0. The summed E-state index contributed by atoms with van der Waals surface area (Å²) >= 11 is 7.51. The number of aryl methyl sites for hydroxylation is 1. The van der Waals surface area contributed by atoms with Gasteiger partial charge >= 0.3 is 0 Å². The SMILES string of the molecule is Cc1ccc(CC(=O)CSc2ccc(F)cc2)c(Cl)c1. The first-order valence-corrected chi connectivity index (χ1v) is 7.56. The van der Waals surface area contributed by atoms with Gasteiger partial charge < -0.3 is 0 Å². The minimum atomic E-state index is -0.271. The number of ketones is 1. The first kappa shape index (κ1) is 15.1. The Bertz CT molecular complexity index is 610. The van der Waals surface area contributed by atoms with Crippen molar-refractivity contribution in [1.29, 1.82) is 0 Å². The van der Waals surface area contributed by atoms with Crippen LogP contribution in [0.4, 0.5) is 4.39 Å². The molecule has 0 heterocycles. The van der Waals surface area contributed by atoms with Gasteiger partial charge in [0, 0.05) is 16.3 Å². The van der Waals surface area contributed by atoms with E-state index in [-0.39, 0.29) is 11.6 Å². The van der Waals surface area contributed by atoms with Crippen LogP contribution in [-0.4, -0.2) is 11.5 Å². The second kappa shape index (κ2) is 6.91. The summed E-state index contributed by atoms with van der Waals surface area (Å²) in [6, 6.07) is 11.8. The zero-order valence-corrected chi connectivity index (χ0v) is 12.6. The fraction of sp³-hybridized carbons (Fsp3) is 0.188. The number of benzene rings is 2. The Labute approximate surface area is 127 Å². The minimum Gasteiger partial charge on any atom is -0.298 e. The molecule has 0 atom stereocenters. The van der Waals surface area contributed by atoms with Crippen molar-refractivity contribution in [3.8, 4) is 0 Å². The smallest absolute Gasteiger partial charge is 0.147 e. The van der Waals surface area contributed by atoms with Crippen LogP contribution in [0.15, 0.2) is 47.4 Å². The third-order valence-electron chi connectivity index (χ3n) is 2.81. The average Bonchev–Trinajstić information content (AvgIpc) is 2.41. The molecule has 0 aliphatic carbocycles. The molecule has 0 unspecified atom stereocenters. The highest BCUT2D eigenvalue weighted by molar-refractivity contribution is 8.00. The van der Waals surface area contributed by atoms with Crippen molar-refractivity contribution >= 4 is 29.1 Å². The molecular weight excluding hydrogens is 295 g/mol. The van der Waals surface area contributed by atoms with Crippen LogP contribution in [0.1, 0.15) is 11.1 Å². The highest BCUT2D eigenvalue weighted by Crippen LogP contribution is 2.21. The monoisotopic (exact) mass is 308 g/mol. The Morgan fingerprint density at radius 2 is 1.90 bits per heavy atom. The molecule has 1 nitrogen and oxygen atoms in total. The number of halogens is 2. The fourth-order valence-corrected chi connectivity index (χ4v) is 2.81. The summed E-state index contributed by atoms with van der Waals surface area (Å²) in [5.41, 5.74) is 1.92. The predicted molar refractivity (Wildman–Crippen MR) is 82.0 cm³/mol. The summed E-state index contributed by atoms with van der Waals surface area (Å²) in [5, 5.41) is 0.630. The van der Waals surface area contributed by atoms with Crippen LogP contribution in [0, 0.1) is 12.7 Å². The molecule has 0 bridgehead atoms. The van der Waals surface area contributed by atoms with Gasteiger partial charge in [-0.2, -0.15) is 0 Å². The fourth-order valence-electron chi connectivity index (χ4n) is 1.75. The molecule has 0 radical (unpaired) electrons. The quantitative estimate of drug-likeness (QED) is 0.745. The van der Waals surface area contributed by atoms with Gasteiger partial charge in [-0.3, -0.25) is 4.79 Å². The molecule has 2 aromatic carbocycles. The van der Waals surface area contributed by atoms with Gasteiger partial charge in [0.25, 0.3) is 0 Å². The van der Waals surface area contributed by atoms with E-state index in [1.807, 2.05) is 25.1 Å². The zero-order chi connectivity index (χ0) is 14.5. The molecule has 0 spiro atoms. The van der Waals surface area contributed by atoms with Crippen LogP contribution < -0.4 is 0 Å². The molecule has 0 aromatic heterocycles. The molecule has 4 heteroatoms. The van der Waals surface area contributed by atoms with E-state index < -0.39 is 0 Å². The van der Waals surface area contributed by atoms with E-state index in [0.717, 1.165) is 16.0 Å². The van der Waals surface area contributed by atoms with Crippen LogP contribution in [0.3, 0.4) is 0 Å². The third-order valence-corrected chi connectivity index (χ3v) is 4.23. The van der Waals surface area contributed by atoms with Crippen LogP contribution in [0.25, 0.3) is 0 Å². The van der Waals surface area contributed by atoms with Crippen molar-refractivity contribution in [1.82, 2.24) is 0 Å². The third kappa shape index (κ3) is 4.36. The molecule has 0 saturated heterocycles. The first-order valence-electron chi connectivity index (χ1n) is 6.19. The lowest BCUT2D eigenvalue weighted by Gasteiger charge is -2.05. The van der Waals surface area contributed by atoms with Gasteiger partial charge in [0.05, 0.1) is 5.75 Å². The second-order valence-electron chi connectivity index (χ2n) is 4.55. The van der Waals surface area contributed by atoms with Crippen LogP contribution in [0.5, 0.6) is 0 Å². The number of Topliss-reactive ketones (excluding diaryl/α,β-unsaturated/α-hetero) is 1. The van der Waals surface area contributed by atoms with Gasteiger partial charge in [-0.25, -0.2) is 4.39 Å². The van der Waals surface area contributed by atoms with Gasteiger partial charge in [-0.05, 0) is 48.4 Å². The Kier molecular flexibility index (Phi) is 5.21. The van der Waals surface area contributed by atoms with E-state index in [2.05, 4.69) is 0 Å². The number of carbonyl (C=O) groups is 1. The Morgan fingerprint density at radius 3 is 2.55 bits per heavy atom. The highest BCUT2D eigenvalue weighted by atomic mass is 35.5. The van der Waals surface area contributed by atoms with Crippen molar-refractivity contribution in [2.24, 2.45) is 0 Å². The van der Waals surface area contributed by atoms with Gasteiger partial charge in [0.2, 0.25) is 0 Å². The molecule has 20 heavy (non-hydrogen) atoms. The molecule has 0 aliphatic heterocycles. The van der Waals surface area contributed by atoms with E-state index in [9.17, 15) is 9.18 Å². The summed E-state index contributed by atoms with van der Waals surface area (Å²) in [4.78, 5) is 12.8. The van der Waals surface area contributed by atoms with Crippen LogP contribution in [-0.2, 0) is 11.2 Å². The minimum absolute atomic E-state index is 0.102. The molecule has 0 amide bonds. The first-order chi connectivity index (χ1) is 9.54. The lowest BCUT2D eigenvalue weighted by molar-refractivity contribution is -0.116. The van der Waals surface area contributed by atoms with Gasteiger partial charge in [0.1, 0.15) is 11.6 Å². The van der Waals surface area contributed by atoms with Crippen molar-refractivity contribution in [2.45, 2.75) is 18.2 Å². The standard InChI is InChI=1S/C16H14ClFOS/c1-11-2-3-12(16(17)8-11)9-14(19)10-20-15-6-4-13(18)5-7-15/h2-8H,9-10H2,1H3. The van der Waals surface area contributed by atoms with Gasteiger partial charge in [-0.15, -0.1) is 11.8 Å². The molecular formula is C16H14ClFOS. The topological polar surface area (TPSA) is 17.1 Å². The molecule has 104 valence electrons. The average molecular weight is 309 g/mol. The van der Waals surface area contributed by atoms with Crippen LogP contribution >= 0.6 is 23.4 Å². The normalized spacial score (nSPS) is 10.6. The predicted octanol–water partition coefficient (Wildman–Crippen LogP) is 4.69. The summed E-state index contributed by atoms with van der Waals surface area (Å²) in [6.45, 7) is 1.96. The maximum absolute atomic E-state index is 12.8. The molecule has 2 aromatic rings. The molecule has 0 aliphatic rings. The maximum Gasteiger partial charge on any atom is 0.147 e. The zero-order valence-electron chi connectivity index (χ0n) is 11.0. The second-order valence-corrected chi connectivity index (χ2v) is 6.01. The maximum atomic E-state index is 12.8. The highest BCUT2D eigenvalue weighted by Gasteiger charge is 2.08. The summed E-state index contributed by atoms with van der Waals surface area (Å²) in [5.74, 6) is 0.188. The van der Waals surface area contributed by atoms with Crippen LogP contribution in [0.2, 0.25) is 5.02 Å². The largest absolute Gasteiger partial charge is 0.298 e. The van der Waals surface area contributed by atoms with Crippen molar-refractivity contribution in [3.05, 3.63) is 64.4 Å². The van der Waals surface area contributed by atoms with Crippen molar-refractivity contribution < 1.29 is 9.18 Å². The lowest BCUT2D eigenvalue weighted by Crippen LogP contribution is -2.06. The molecule has 0 fully saturated rings. The van der Waals surface area contributed by atoms with Gasteiger partial charge in [-0.1, -0.05) is 23.7 Å². The number of hydrogen-bond acceptors (Lipinski definition) is 2. The van der Waals surface area contributed by atoms with E-state index in [1.165, 1.54) is 23.9 Å². The number of carbonyl (C=O) groups excluding carboxylic acids is 1. The Balaban J connectivity index is 1.90.